The van der Waals surface area contributed by atoms with Gasteiger partial charge in [-0.1, -0.05) is 60.7 Å². The van der Waals surface area contributed by atoms with E-state index in [1.807, 2.05) is 30.3 Å². The van der Waals surface area contributed by atoms with Crippen LogP contribution in [-0.4, -0.2) is 29.9 Å². The van der Waals surface area contributed by atoms with Crippen LogP contribution in [0.4, 0.5) is 0 Å². The third-order valence-electron chi connectivity index (χ3n) is 9.10. The summed E-state index contributed by atoms with van der Waals surface area (Å²) in [6.07, 6.45) is 5.12. The first-order valence-electron chi connectivity index (χ1n) is 16.0. The van der Waals surface area contributed by atoms with Crippen molar-refractivity contribution in [2.24, 2.45) is 0 Å². The summed E-state index contributed by atoms with van der Waals surface area (Å²) in [5.74, 6) is 1.76. The van der Waals surface area contributed by atoms with Gasteiger partial charge in [0.2, 0.25) is 5.91 Å². The Kier molecular flexibility index (Phi) is 9.47. The summed E-state index contributed by atoms with van der Waals surface area (Å²) in [6, 6.07) is 29.0. The first-order chi connectivity index (χ1) is 22.0. The number of nitrogens with zero attached hydrogens (tertiary/aromatic N) is 2. The molecule has 1 fully saturated rings. The molecule has 4 aromatic carbocycles. The van der Waals surface area contributed by atoms with Crippen LogP contribution in [0.15, 0.2) is 78.9 Å². The van der Waals surface area contributed by atoms with Gasteiger partial charge in [-0.05, 0) is 96.6 Å². The van der Waals surface area contributed by atoms with Gasteiger partial charge in [0.15, 0.2) is 0 Å². The molecule has 0 radical (unpaired) electrons. The standard InChI is InChI=1S/C39H41N3O3/c1-27-32(14-7-16-34(27)31-12-4-3-5-13-31)26-45-38-21-39(44-25-30-11-6-10-29(20-30)22-40)37(35-17-8-18-36(35)38)24-42-19-9-15-33(23-42)41-28(2)43/h3-7,10-14,16,20-21,33H,8-9,15,17-19,23-26H2,1-2H3,(H,41,43). The van der Waals surface area contributed by atoms with E-state index in [1.165, 1.54) is 38.9 Å². The van der Waals surface area contributed by atoms with Crippen molar-refractivity contribution in [3.63, 3.8) is 0 Å². The summed E-state index contributed by atoms with van der Waals surface area (Å²) in [5.41, 5.74) is 10.2. The number of carbonyl (C=O) groups is 1. The highest BCUT2D eigenvalue weighted by molar-refractivity contribution is 5.73. The molecule has 2 aliphatic rings. The van der Waals surface area contributed by atoms with Gasteiger partial charge in [0, 0.05) is 37.7 Å². The van der Waals surface area contributed by atoms with E-state index < -0.39 is 0 Å². The highest BCUT2D eigenvalue weighted by Crippen LogP contribution is 2.41. The molecule has 1 amide bonds. The van der Waals surface area contributed by atoms with E-state index >= 15 is 0 Å². The molecular formula is C39H41N3O3. The van der Waals surface area contributed by atoms with Crippen LogP contribution in [0, 0.1) is 18.3 Å². The number of rotatable bonds is 10. The highest BCUT2D eigenvalue weighted by Gasteiger charge is 2.28. The van der Waals surface area contributed by atoms with Crippen molar-refractivity contribution in [2.45, 2.75) is 71.8 Å². The van der Waals surface area contributed by atoms with Gasteiger partial charge in [0.05, 0.1) is 11.6 Å². The minimum atomic E-state index is 0.0254. The molecule has 0 saturated carbocycles. The van der Waals surface area contributed by atoms with Gasteiger partial charge in [-0.2, -0.15) is 5.26 Å². The SMILES string of the molecule is CC(=O)NC1CCCN(Cc2c(OCc3cccc(C#N)c3)cc(OCc3cccc(-c4ccccc4)c3C)c3c2CCC3)C1. The average Bonchev–Trinajstić information content (AvgIpc) is 3.55. The van der Waals surface area contributed by atoms with Crippen molar-refractivity contribution in [2.75, 3.05) is 13.1 Å². The van der Waals surface area contributed by atoms with Gasteiger partial charge in [0.25, 0.3) is 0 Å². The number of nitriles is 1. The number of nitrogens with one attached hydrogen (secondary N) is 1. The number of carbonyl (C=O) groups excluding carboxylic acids is 1. The van der Waals surface area contributed by atoms with Crippen LogP contribution in [0.1, 0.15) is 65.1 Å². The fourth-order valence-corrected chi connectivity index (χ4v) is 6.87. The van der Waals surface area contributed by atoms with E-state index in [0.29, 0.717) is 18.8 Å². The number of ether oxygens (including phenoxy) is 2. The molecule has 4 aromatic rings. The molecule has 1 aliphatic heterocycles. The number of fused-ring (bicyclic) bond motifs is 1. The Morgan fingerprint density at radius 3 is 2.56 bits per heavy atom. The number of amides is 1. The maximum absolute atomic E-state index is 11.8. The van der Waals surface area contributed by atoms with Gasteiger partial charge in [-0.3, -0.25) is 9.69 Å². The fourth-order valence-electron chi connectivity index (χ4n) is 6.87. The molecule has 1 heterocycles. The van der Waals surface area contributed by atoms with Crippen molar-refractivity contribution < 1.29 is 14.3 Å². The number of hydrogen-bond acceptors (Lipinski definition) is 5. The van der Waals surface area contributed by atoms with Gasteiger partial charge >= 0.3 is 0 Å². The Morgan fingerprint density at radius 2 is 1.73 bits per heavy atom. The zero-order valence-electron chi connectivity index (χ0n) is 26.3. The Balaban J connectivity index is 1.30. The minimum absolute atomic E-state index is 0.0254. The van der Waals surface area contributed by atoms with E-state index in [9.17, 15) is 10.1 Å². The lowest BCUT2D eigenvalue weighted by Crippen LogP contribution is -2.46. The number of likely N-dealkylation sites (tertiary alicyclic amines) is 1. The molecule has 1 unspecified atom stereocenters. The van der Waals surface area contributed by atoms with Crippen molar-refractivity contribution >= 4 is 5.91 Å². The molecule has 45 heavy (non-hydrogen) atoms. The lowest BCUT2D eigenvalue weighted by atomic mass is 9.96. The zero-order valence-corrected chi connectivity index (χ0v) is 26.3. The van der Waals surface area contributed by atoms with Crippen LogP contribution in [0.25, 0.3) is 11.1 Å². The van der Waals surface area contributed by atoms with Crippen molar-refractivity contribution in [1.29, 1.82) is 5.26 Å². The van der Waals surface area contributed by atoms with Gasteiger partial charge in [-0.25, -0.2) is 0 Å². The summed E-state index contributed by atoms with van der Waals surface area (Å²) in [6.45, 7) is 7.20. The number of piperidine rings is 1. The maximum atomic E-state index is 11.8. The predicted octanol–water partition coefficient (Wildman–Crippen LogP) is 7.28. The van der Waals surface area contributed by atoms with E-state index in [1.54, 1.807) is 6.92 Å². The van der Waals surface area contributed by atoms with Gasteiger partial charge < -0.3 is 14.8 Å². The third kappa shape index (κ3) is 7.21. The van der Waals surface area contributed by atoms with Crippen molar-refractivity contribution in [1.82, 2.24) is 10.2 Å². The predicted molar refractivity (Wildman–Crippen MR) is 177 cm³/mol. The van der Waals surface area contributed by atoms with Crippen LogP contribution < -0.4 is 14.8 Å². The quantitative estimate of drug-likeness (QED) is 0.207. The minimum Gasteiger partial charge on any atom is -0.488 e. The van der Waals surface area contributed by atoms with Gasteiger partial charge in [-0.15, -0.1) is 0 Å². The summed E-state index contributed by atoms with van der Waals surface area (Å²) in [7, 11) is 0. The molecule has 6 nitrogen and oxygen atoms in total. The van der Waals surface area contributed by atoms with Crippen LogP contribution in [0.3, 0.4) is 0 Å². The fraction of sp³-hybridized carbons (Fsp3) is 0.333. The Labute approximate surface area is 266 Å². The molecule has 1 saturated heterocycles. The molecule has 1 N–H and O–H groups in total. The van der Waals surface area contributed by atoms with Crippen molar-refractivity contribution in [3.05, 3.63) is 118 Å². The lowest BCUT2D eigenvalue weighted by Gasteiger charge is -2.34. The van der Waals surface area contributed by atoms with Gasteiger partial charge in [0.1, 0.15) is 24.7 Å². The van der Waals surface area contributed by atoms with E-state index in [2.05, 4.69) is 71.7 Å². The first-order valence-corrected chi connectivity index (χ1v) is 16.0. The van der Waals surface area contributed by atoms with E-state index in [0.717, 1.165) is 68.8 Å². The number of hydrogen-bond donors (Lipinski definition) is 1. The van der Waals surface area contributed by atoms with E-state index in [-0.39, 0.29) is 11.9 Å². The molecule has 1 aliphatic carbocycles. The summed E-state index contributed by atoms with van der Waals surface area (Å²) >= 11 is 0. The Morgan fingerprint density at radius 1 is 0.933 bits per heavy atom. The Hall–Kier alpha value is -4.60. The molecule has 0 bridgehead atoms. The second kappa shape index (κ2) is 14.0. The smallest absolute Gasteiger partial charge is 0.217 e. The summed E-state index contributed by atoms with van der Waals surface area (Å²) in [4.78, 5) is 14.2. The first kappa shape index (κ1) is 30.4. The number of benzene rings is 4. The molecule has 6 rings (SSSR count). The summed E-state index contributed by atoms with van der Waals surface area (Å²) < 4.78 is 13.2. The normalized spacial score (nSPS) is 16.1. The van der Waals surface area contributed by atoms with E-state index in [4.69, 9.17) is 9.47 Å². The van der Waals surface area contributed by atoms with Crippen LogP contribution in [0.5, 0.6) is 11.5 Å². The molecular weight excluding hydrogens is 558 g/mol. The molecule has 230 valence electrons. The topological polar surface area (TPSA) is 74.6 Å². The second-order valence-corrected chi connectivity index (χ2v) is 12.3. The zero-order chi connectivity index (χ0) is 31.2. The second-order valence-electron chi connectivity index (χ2n) is 12.3. The third-order valence-corrected chi connectivity index (χ3v) is 9.10. The summed E-state index contributed by atoms with van der Waals surface area (Å²) in [5, 5.41) is 12.5. The molecule has 1 atom stereocenters. The maximum Gasteiger partial charge on any atom is 0.217 e. The van der Waals surface area contributed by atoms with Crippen molar-refractivity contribution in [3.8, 4) is 28.7 Å². The molecule has 0 spiro atoms. The largest absolute Gasteiger partial charge is 0.488 e. The lowest BCUT2D eigenvalue weighted by molar-refractivity contribution is -0.120. The average molecular weight is 600 g/mol. The Bertz CT molecular complexity index is 1710. The molecule has 6 heteroatoms. The van der Waals surface area contributed by atoms with Crippen LogP contribution in [-0.2, 0) is 37.4 Å². The van der Waals surface area contributed by atoms with Crippen LogP contribution >= 0.6 is 0 Å². The van der Waals surface area contributed by atoms with Crippen LogP contribution in [0.2, 0.25) is 0 Å². The monoisotopic (exact) mass is 599 g/mol. The molecule has 0 aromatic heterocycles. The highest BCUT2D eigenvalue weighted by atomic mass is 16.5.